The molecule has 0 aliphatic heterocycles. The second-order valence-corrected chi connectivity index (χ2v) is 5.22. The molecule has 108 valence electrons. The molecule has 0 saturated heterocycles. The molecule has 0 saturated carbocycles. The Morgan fingerprint density at radius 1 is 1.05 bits per heavy atom. The van der Waals surface area contributed by atoms with Gasteiger partial charge >= 0.3 is 0 Å². The van der Waals surface area contributed by atoms with Crippen LogP contribution in [-0.2, 0) is 0 Å². The van der Waals surface area contributed by atoms with Gasteiger partial charge in [-0.25, -0.2) is 4.98 Å². The van der Waals surface area contributed by atoms with Crippen molar-refractivity contribution in [3.8, 4) is 22.9 Å². The highest BCUT2D eigenvalue weighted by Gasteiger charge is 2.16. The average molecular weight is 323 g/mol. The highest BCUT2D eigenvalue weighted by molar-refractivity contribution is 6.35. The first kappa shape index (κ1) is 14.0. The van der Waals surface area contributed by atoms with E-state index in [0.29, 0.717) is 27.4 Å². The third kappa shape index (κ3) is 2.41. The van der Waals surface area contributed by atoms with Crippen molar-refractivity contribution in [2.24, 2.45) is 0 Å². The summed E-state index contributed by atoms with van der Waals surface area (Å²) in [6.07, 6.45) is 0. The van der Waals surface area contributed by atoms with Crippen LogP contribution in [0.4, 0.5) is 0 Å². The van der Waals surface area contributed by atoms with E-state index in [4.69, 9.17) is 32.7 Å². The molecule has 0 atom stereocenters. The molecule has 0 aliphatic carbocycles. The fourth-order valence-electron chi connectivity index (χ4n) is 2.18. The molecule has 0 bridgehead atoms. The fourth-order valence-corrected chi connectivity index (χ4v) is 2.68. The van der Waals surface area contributed by atoms with E-state index in [1.54, 1.807) is 26.4 Å². The maximum Gasteiger partial charge on any atom is 0.180 e. The van der Waals surface area contributed by atoms with Crippen LogP contribution in [0, 0.1) is 0 Å². The Hall–Kier alpha value is -1.91. The summed E-state index contributed by atoms with van der Waals surface area (Å²) in [5, 5.41) is 1.10. The number of imidazole rings is 1. The molecule has 3 rings (SSSR count). The van der Waals surface area contributed by atoms with Gasteiger partial charge in [-0.15, -0.1) is 0 Å². The SMILES string of the molecule is COc1ccc(-c2nc3ccc(Cl)cc3[nH]2)c(Cl)c1OC. The van der Waals surface area contributed by atoms with Crippen molar-refractivity contribution in [1.29, 1.82) is 0 Å². The largest absolute Gasteiger partial charge is 0.493 e. The van der Waals surface area contributed by atoms with E-state index in [1.807, 2.05) is 18.2 Å². The Morgan fingerprint density at radius 3 is 2.57 bits per heavy atom. The summed E-state index contributed by atoms with van der Waals surface area (Å²) in [4.78, 5) is 7.73. The zero-order valence-electron chi connectivity index (χ0n) is 11.4. The second kappa shape index (κ2) is 5.47. The lowest BCUT2D eigenvalue weighted by Crippen LogP contribution is -1.93. The fraction of sp³-hybridized carbons (Fsp3) is 0.133. The summed E-state index contributed by atoms with van der Waals surface area (Å²) >= 11 is 12.4. The second-order valence-electron chi connectivity index (χ2n) is 4.41. The predicted molar refractivity (Wildman–Crippen MR) is 84.7 cm³/mol. The zero-order valence-corrected chi connectivity index (χ0v) is 12.9. The summed E-state index contributed by atoms with van der Waals surface area (Å²) in [5.41, 5.74) is 2.41. The quantitative estimate of drug-likeness (QED) is 0.769. The normalized spacial score (nSPS) is 10.9. The van der Waals surface area contributed by atoms with Gasteiger partial charge in [0.2, 0.25) is 0 Å². The number of nitrogens with one attached hydrogen (secondary N) is 1. The third-order valence-corrected chi connectivity index (χ3v) is 3.79. The smallest absolute Gasteiger partial charge is 0.180 e. The number of fused-ring (bicyclic) bond motifs is 1. The summed E-state index contributed by atoms with van der Waals surface area (Å²) < 4.78 is 10.5. The van der Waals surface area contributed by atoms with Gasteiger partial charge < -0.3 is 14.5 Å². The third-order valence-electron chi connectivity index (χ3n) is 3.18. The molecule has 0 unspecified atom stereocenters. The van der Waals surface area contributed by atoms with E-state index in [-0.39, 0.29) is 0 Å². The van der Waals surface area contributed by atoms with Crippen LogP contribution in [0.2, 0.25) is 10.0 Å². The molecule has 1 N–H and O–H groups in total. The van der Waals surface area contributed by atoms with Crippen molar-refractivity contribution in [2.75, 3.05) is 14.2 Å². The standard InChI is InChI=1S/C15H12Cl2N2O2/c1-20-12-6-4-9(13(17)14(12)21-2)15-18-10-5-3-8(16)7-11(10)19-15/h3-7H,1-2H3,(H,18,19). The molecule has 21 heavy (non-hydrogen) atoms. The van der Waals surface area contributed by atoms with Gasteiger partial charge in [-0.3, -0.25) is 0 Å². The van der Waals surface area contributed by atoms with Crippen LogP contribution >= 0.6 is 23.2 Å². The molecule has 0 spiro atoms. The monoisotopic (exact) mass is 322 g/mol. The van der Waals surface area contributed by atoms with Crippen LogP contribution in [0.5, 0.6) is 11.5 Å². The molecule has 1 heterocycles. The van der Waals surface area contributed by atoms with Gasteiger partial charge in [-0.05, 0) is 30.3 Å². The number of methoxy groups -OCH3 is 2. The number of hydrogen-bond acceptors (Lipinski definition) is 3. The first-order valence-corrected chi connectivity index (χ1v) is 6.95. The minimum atomic E-state index is 0.446. The van der Waals surface area contributed by atoms with E-state index in [9.17, 15) is 0 Å². The van der Waals surface area contributed by atoms with Gasteiger partial charge in [-0.2, -0.15) is 0 Å². The van der Waals surface area contributed by atoms with E-state index in [1.165, 1.54) is 0 Å². The minimum absolute atomic E-state index is 0.446. The molecular formula is C15H12Cl2N2O2. The van der Waals surface area contributed by atoms with Crippen molar-refractivity contribution in [2.45, 2.75) is 0 Å². The Kier molecular flexibility index (Phi) is 3.66. The van der Waals surface area contributed by atoms with E-state index in [0.717, 1.165) is 16.6 Å². The van der Waals surface area contributed by atoms with Gasteiger partial charge in [0.1, 0.15) is 5.82 Å². The predicted octanol–water partition coefficient (Wildman–Crippen LogP) is 4.55. The van der Waals surface area contributed by atoms with Gasteiger partial charge in [-0.1, -0.05) is 23.2 Å². The first-order valence-electron chi connectivity index (χ1n) is 6.20. The van der Waals surface area contributed by atoms with Crippen molar-refractivity contribution in [3.63, 3.8) is 0 Å². The molecule has 0 amide bonds. The van der Waals surface area contributed by atoms with Gasteiger partial charge in [0.25, 0.3) is 0 Å². The van der Waals surface area contributed by atoms with Crippen LogP contribution in [-0.4, -0.2) is 24.2 Å². The number of rotatable bonds is 3. The van der Waals surface area contributed by atoms with Crippen molar-refractivity contribution in [1.82, 2.24) is 9.97 Å². The van der Waals surface area contributed by atoms with Crippen molar-refractivity contribution in [3.05, 3.63) is 40.4 Å². The lowest BCUT2D eigenvalue weighted by Gasteiger charge is -2.11. The molecule has 0 fully saturated rings. The summed E-state index contributed by atoms with van der Waals surface area (Å²) in [5.74, 6) is 1.71. The van der Waals surface area contributed by atoms with Gasteiger partial charge in [0.15, 0.2) is 11.5 Å². The average Bonchev–Trinajstić information content (AvgIpc) is 2.89. The van der Waals surface area contributed by atoms with Crippen LogP contribution in [0.3, 0.4) is 0 Å². The maximum atomic E-state index is 6.40. The first-order chi connectivity index (χ1) is 10.1. The Morgan fingerprint density at radius 2 is 1.86 bits per heavy atom. The number of H-pyrrole nitrogens is 1. The number of aromatic nitrogens is 2. The summed E-state index contributed by atoms with van der Waals surface area (Å²) in [6.45, 7) is 0. The lowest BCUT2D eigenvalue weighted by molar-refractivity contribution is 0.355. The molecular weight excluding hydrogens is 311 g/mol. The van der Waals surface area contributed by atoms with E-state index < -0.39 is 0 Å². The molecule has 6 heteroatoms. The zero-order chi connectivity index (χ0) is 15.0. The Balaban J connectivity index is 2.18. The minimum Gasteiger partial charge on any atom is -0.493 e. The highest BCUT2D eigenvalue weighted by atomic mass is 35.5. The molecule has 2 aromatic carbocycles. The van der Waals surface area contributed by atoms with Crippen LogP contribution in [0.15, 0.2) is 30.3 Å². The Labute approximate surface area is 131 Å². The number of nitrogens with zero attached hydrogens (tertiary/aromatic N) is 1. The van der Waals surface area contributed by atoms with Gasteiger partial charge in [0.05, 0.1) is 30.3 Å². The van der Waals surface area contributed by atoms with Crippen LogP contribution < -0.4 is 9.47 Å². The molecule has 0 aliphatic rings. The topological polar surface area (TPSA) is 47.1 Å². The van der Waals surface area contributed by atoms with Crippen LogP contribution in [0.25, 0.3) is 22.4 Å². The highest BCUT2D eigenvalue weighted by Crippen LogP contribution is 2.41. The van der Waals surface area contributed by atoms with Crippen molar-refractivity contribution >= 4 is 34.2 Å². The number of aromatic amines is 1. The number of hydrogen-bond donors (Lipinski definition) is 1. The summed E-state index contributed by atoms with van der Waals surface area (Å²) in [6, 6.07) is 9.10. The van der Waals surface area contributed by atoms with E-state index in [2.05, 4.69) is 9.97 Å². The number of benzene rings is 2. The van der Waals surface area contributed by atoms with E-state index >= 15 is 0 Å². The lowest BCUT2D eigenvalue weighted by atomic mass is 10.2. The molecule has 1 aromatic heterocycles. The van der Waals surface area contributed by atoms with Crippen LogP contribution in [0.1, 0.15) is 0 Å². The Bertz CT molecular complexity index is 815. The van der Waals surface area contributed by atoms with Gasteiger partial charge in [0, 0.05) is 10.6 Å². The molecule has 3 aromatic rings. The van der Waals surface area contributed by atoms with Crippen molar-refractivity contribution < 1.29 is 9.47 Å². The maximum absolute atomic E-state index is 6.40. The molecule has 0 radical (unpaired) electrons. The number of ether oxygens (including phenoxy) is 2. The number of halogens is 2. The summed E-state index contributed by atoms with van der Waals surface area (Å²) in [7, 11) is 3.11. The molecule has 4 nitrogen and oxygen atoms in total.